The Kier molecular flexibility index (Phi) is 3.29. The van der Waals surface area contributed by atoms with Crippen LogP contribution in [-0.4, -0.2) is 6.54 Å². The van der Waals surface area contributed by atoms with E-state index in [-0.39, 0.29) is 0 Å². The predicted octanol–water partition coefficient (Wildman–Crippen LogP) is 4.84. The summed E-state index contributed by atoms with van der Waals surface area (Å²) >= 11 is 0. The minimum atomic E-state index is 0.651. The maximum Gasteiger partial charge on any atom is 0.0373 e. The number of anilines is 1. The van der Waals surface area contributed by atoms with Gasteiger partial charge in [0, 0.05) is 12.2 Å². The number of fused-ring (bicyclic) bond motifs is 1. The van der Waals surface area contributed by atoms with Crippen LogP contribution in [-0.2, 0) is 6.42 Å². The minimum absolute atomic E-state index is 0.651. The van der Waals surface area contributed by atoms with Gasteiger partial charge in [-0.25, -0.2) is 0 Å². The van der Waals surface area contributed by atoms with E-state index in [1.165, 1.54) is 34.4 Å². The van der Waals surface area contributed by atoms with Gasteiger partial charge >= 0.3 is 0 Å². The smallest absolute Gasteiger partial charge is 0.0373 e. The molecule has 1 N–H and O–H groups in total. The van der Waals surface area contributed by atoms with Crippen molar-refractivity contribution in [3.05, 3.63) is 53.6 Å². The van der Waals surface area contributed by atoms with Crippen LogP contribution in [0.25, 0.3) is 11.1 Å². The third kappa shape index (κ3) is 2.37. The van der Waals surface area contributed by atoms with E-state index in [1.54, 1.807) is 0 Å². The van der Waals surface area contributed by atoms with Crippen molar-refractivity contribution in [2.45, 2.75) is 32.6 Å². The first kappa shape index (κ1) is 12.3. The molecule has 1 unspecified atom stereocenters. The molecule has 1 heteroatoms. The Morgan fingerprint density at radius 1 is 1.05 bits per heavy atom. The molecule has 1 aliphatic heterocycles. The summed E-state index contributed by atoms with van der Waals surface area (Å²) in [7, 11) is 0. The summed E-state index contributed by atoms with van der Waals surface area (Å²) in [6.45, 7) is 5.61. The Morgan fingerprint density at radius 2 is 1.79 bits per heavy atom. The second-order valence-corrected chi connectivity index (χ2v) is 5.48. The molecule has 0 aromatic heterocycles. The molecule has 98 valence electrons. The maximum absolute atomic E-state index is 3.41. The number of hydrogen-bond acceptors (Lipinski definition) is 1. The molecular formula is C18H21N. The number of rotatable bonds is 3. The highest BCUT2D eigenvalue weighted by molar-refractivity contribution is 5.70. The van der Waals surface area contributed by atoms with E-state index < -0.39 is 0 Å². The lowest BCUT2D eigenvalue weighted by molar-refractivity contribution is 0.734. The van der Waals surface area contributed by atoms with Crippen LogP contribution in [0, 0.1) is 0 Å². The summed E-state index contributed by atoms with van der Waals surface area (Å²) in [5.74, 6) is 0.651. The quantitative estimate of drug-likeness (QED) is 0.823. The third-order valence-corrected chi connectivity index (χ3v) is 4.24. The molecule has 2 aromatic carbocycles. The second-order valence-electron chi connectivity index (χ2n) is 5.48. The SMILES string of the molecule is CCC(C)c1ccc(-c2ccc3c(c2)CCN3)cc1. The summed E-state index contributed by atoms with van der Waals surface area (Å²) in [6.07, 6.45) is 2.35. The molecule has 0 radical (unpaired) electrons. The summed E-state index contributed by atoms with van der Waals surface area (Å²) in [6, 6.07) is 15.8. The zero-order valence-corrected chi connectivity index (χ0v) is 11.7. The van der Waals surface area contributed by atoms with Crippen LogP contribution >= 0.6 is 0 Å². The molecule has 0 fully saturated rings. The monoisotopic (exact) mass is 251 g/mol. The highest BCUT2D eigenvalue weighted by Crippen LogP contribution is 2.29. The van der Waals surface area contributed by atoms with E-state index in [1.807, 2.05) is 0 Å². The number of benzene rings is 2. The third-order valence-electron chi connectivity index (χ3n) is 4.24. The average molecular weight is 251 g/mol. The van der Waals surface area contributed by atoms with Crippen LogP contribution in [0.2, 0.25) is 0 Å². The predicted molar refractivity (Wildman–Crippen MR) is 82.8 cm³/mol. The zero-order valence-electron chi connectivity index (χ0n) is 11.7. The Balaban J connectivity index is 1.90. The lowest BCUT2D eigenvalue weighted by Crippen LogP contribution is -1.91. The van der Waals surface area contributed by atoms with Crippen molar-refractivity contribution in [1.29, 1.82) is 0 Å². The lowest BCUT2D eigenvalue weighted by Gasteiger charge is -2.10. The molecule has 0 bridgehead atoms. The molecule has 19 heavy (non-hydrogen) atoms. The Morgan fingerprint density at radius 3 is 2.53 bits per heavy atom. The highest BCUT2D eigenvalue weighted by Gasteiger charge is 2.10. The van der Waals surface area contributed by atoms with Gasteiger partial charge in [0.1, 0.15) is 0 Å². The van der Waals surface area contributed by atoms with Crippen molar-refractivity contribution in [3.8, 4) is 11.1 Å². The fourth-order valence-corrected chi connectivity index (χ4v) is 2.72. The van der Waals surface area contributed by atoms with Crippen LogP contribution in [0.1, 0.15) is 37.3 Å². The fraction of sp³-hybridized carbons (Fsp3) is 0.333. The summed E-state index contributed by atoms with van der Waals surface area (Å²) in [4.78, 5) is 0. The summed E-state index contributed by atoms with van der Waals surface area (Å²) < 4.78 is 0. The summed E-state index contributed by atoms with van der Waals surface area (Å²) in [5, 5.41) is 3.41. The van der Waals surface area contributed by atoms with E-state index in [4.69, 9.17) is 0 Å². The van der Waals surface area contributed by atoms with Gasteiger partial charge in [-0.15, -0.1) is 0 Å². The van der Waals surface area contributed by atoms with Gasteiger partial charge in [-0.2, -0.15) is 0 Å². The van der Waals surface area contributed by atoms with Crippen LogP contribution in [0.5, 0.6) is 0 Å². The van der Waals surface area contributed by atoms with Crippen LogP contribution in [0.3, 0.4) is 0 Å². The normalized spacial score (nSPS) is 14.8. The molecule has 3 rings (SSSR count). The Labute approximate surface area is 115 Å². The van der Waals surface area contributed by atoms with Gasteiger partial charge in [0.25, 0.3) is 0 Å². The molecule has 1 heterocycles. The molecule has 0 spiro atoms. The van der Waals surface area contributed by atoms with Crippen molar-refractivity contribution in [3.63, 3.8) is 0 Å². The van der Waals surface area contributed by atoms with Gasteiger partial charge in [0.05, 0.1) is 0 Å². The van der Waals surface area contributed by atoms with E-state index in [0.29, 0.717) is 5.92 Å². The molecule has 1 nitrogen and oxygen atoms in total. The van der Waals surface area contributed by atoms with Crippen LogP contribution < -0.4 is 5.32 Å². The standard InChI is InChI=1S/C18H21N/c1-3-13(2)14-4-6-15(7-5-14)16-8-9-18-17(12-16)10-11-19-18/h4-9,12-13,19H,3,10-11H2,1-2H3. The minimum Gasteiger partial charge on any atom is -0.384 e. The average Bonchev–Trinajstić information content (AvgIpc) is 2.94. The van der Waals surface area contributed by atoms with Gasteiger partial charge in [-0.3, -0.25) is 0 Å². The summed E-state index contributed by atoms with van der Waals surface area (Å²) in [5.41, 5.74) is 6.84. The zero-order chi connectivity index (χ0) is 13.2. The van der Waals surface area contributed by atoms with Gasteiger partial charge in [-0.05, 0) is 53.1 Å². The van der Waals surface area contributed by atoms with Crippen LogP contribution in [0.15, 0.2) is 42.5 Å². The molecule has 0 aliphatic carbocycles. The fourth-order valence-electron chi connectivity index (χ4n) is 2.72. The van der Waals surface area contributed by atoms with Crippen molar-refractivity contribution >= 4 is 5.69 Å². The van der Waals surface area contributed by atoms with E-state index in [0.717, 1.165) is 13.0 Å². The van der Waals surface area contributed by atoms with Gasteiger partial charge in [0.2, 0.25) is 0 Å². The highest BCUT2D eigenvalue weighted by atomic mass is 14.9. The van der Waals surface area contributed by atoms with Gasteiger partial charge < -0.3 is 5.32 Å². The first-order valence-corrected chi connectivity index (χ1v) is 7.25. The molecule has 0 amide bonds. The Bertz CT molecular complexity index is 569. The number of hydrogen-bond donors (Lipinski definition) is 1. The lowest BCUT2D eigenvalue weighted by atomic mass is 9.95. The van der Waals surface area contributed by atoms with Gasteiger partial charge in [0.15, 0.2) is 0 Å². The first-order chi connectivity index (χ1) is 9.28. The molecule has 0 saturated carbocycles. The first-order valence-electron chi connectivity index (χ1n) is 7.25. The van der Waals surface area contributed by atoms with Crippen molar-refractivity contribution < 1.29 is 0 Å². The molecular weight excluding hydrogens is 230 g/mol. The van der Waals surface area contributed by atoms with Crippen molar-refractivity contribution in [2.75, 3.05) is 11.9 Å². The van der Waals surface area contributed by atoms with E-state index >= 15 is 0 Å². The topological polar surface area (TPSA) is 12.0 Å². The van der Waals surface area contributed by atoms with Crippen molar-refractivity contribution in [1.82, 2.24) is 0 Å². The van der Waals surface area contributed by atoms with Crippen LogP contribution in [0.4, 0.5) is 5.69 Å². The molecule has 1 atom stereocenters. The maximum atomic E-state index is 3.41. The van der Waals surface area contributed by atoms with Gasteiger partial charge in [-0.1, -0.05) is 44.2 Å². The largest absolute Gasteiger partial charge is 0.384 e. The molecule has 0 saturated heterocycles. The molecule has 2 aromatic rings. The van der Waals surface area contributed by atoms with E-state index in [2.05, 4.69) is 61.6 Å². The Hall–Kier alpha value is -1.76. The number of nitrogens with one attached hydrogen (secondary N) is 1. The van der Waals surface area contributed by atoms with Crippen molar-refractivity contribution in [2.24, 2.45) is 0 Å². The molecule has 1 aliphatic rings. The van der Waals surface area contributed by atoms with E-state index in [9.17, 15) is 0 Å². The second kappa shape index (κ2) is 5.08.